The van der Waals surface area contributed by atoms with Crippen molar-refractivity contribution < 1.29 is 0 Å². The number of rotatable bonds is 2. The Hall–Kier alpha value is -0.250. The maximum absolute atomic E-state index is 6.56. The Labute approximate surface area is 127 Å². The van der Waals surface area contributed by atoms with E-state index in [4.69, 9.17) is 16.6 Å². The van der Waals surface area contributed by atoms with Gasteiger partial charge < -0.3 is 0 Å². The molecular formula is C15H18ClNS2. The Morgan fingerprint density at radius 2 is 1.89 bits per heavy atom. The van der Waals surface area contributed by atoms with Crippen LogP contribution in [0.5, 0.6) is 0 Å². The zero-order valence-corrected chi connectivity index (χ0v) is 13.2. The van der Waals surface area contributed by atoms with Crippen LogP contribution in [0.4, 0.5) is 0 Å². The fraction of sp³-hybridized carbons (Fsp3) is 0.533. The Kier molecular flexibility index (Phi) is 4.67. The maximum atomic E-state index is 6.56. The molecule has 1 fully saturated rings. The van der Waals surface area contributed by atoms with E-state index in [0.29, 0.717) is 10.6 Å². The van der Waals surface area contributed by atoms with Crippen molar-refractivity contribution in [3.05, 3.63) is 24.3 Å². The fourth-order valence-electron chi connectivity index (χ4n) is 2.57. The minimum Gasteiger partial charge on any atom is -0.230 e. The topological polar surface area (TPSA) is 12.9 Å². The number of fused-ring (bicyclic) bond motifs is 1. The van der Waals surface area contributed by atoms with E-state index < -0.39 is 0 Å². The minimum atomic E-state index is 0.303. The van der Waals surface area contributed by atoms with Crippen molar-refractivity contribution in [2.24, 2.45) is 0 Å². The van der Waals surface area contributed by atoms with E-state index in [0.717, 1.165) is 11.9 Å². The molecule has 0 N–H and O–H groups in total. The molecule has 0 amide bonds. The van der Waals surface area contributed by atoms with E-state index in [2.05, 4.69) is 24.3 Å². The number of hydrogen-bond acceptors (Lipinski definition) is 3. The van der Waals surface area contributed by atoms with Crippen molar-refractivity contribution in [3.8, 4) is 0 Å². The van der Waals surface area contributed by atoms with Gasteiger partial charge in [-0.2, -0.15) is 0 Å². The molecule has 0 aliphatic heterocycles. The van der Waals surface area contributed by atoms with Gasteiger partial charge >= 0.3 is 0 Å². The highest BCUT2D eigenvalue weighted by atomic mass is 35.5. The summed E-state index contributed by atoms with van der Waals surface area (Å²) >= 11 is 10.3. The minimum absolute atomic E-state index is 0.303. The second-order valence-electron chi connectivity index (χ2n) is 5.11. The largest absolute Gasteiger partial charge is 0.230 e. The van der Waals surface area contributed by atoms with E-state index >= 15 is 0 Å². The van der Waals surface area contributed by atoms with Crippen molar-refractivity contribution in [1.82, 2.24) is 4.98 Å². The van der Waals surface area contributed by atoms with Gasteiger partial charge in [-0.05, 0) is 25.0 Å². The van der Waals surface area contributed by atoms with E-state index in [-0.39, 0.29) is 0 Å². The van der Waals surface area contributed by atoms with Gasteiger partial charge in [-0.1, -0.05) is 49.6 Å². The summed E-state index contributed by atoms with van der Waals surface area (Å²) in [6.07, 6.45) is 7.69. The van der Waals surface area contributed by atoms with Gasteiger partial charge in [-0.3, -0.25) is 0 Å². The molecule has 1 heterocycles. The van der Waals surface area contributed by atoms with Crippen LogP contribution in [0.25, 0.3) is 10.2 Å². The van der Waals surface area contributed by atoms with Crippen molar-refractivity contribution in [2.75, 3.05) is 0 Å². The van der Waals surface area contributed by atoms with Crippen LogP contribution in [0, 0.1) is 0 Å². The zero-order chi connectivity index (χ0) is 13.1. The first-order chi connectivity index (χ1) is 9.33. The molecule has 2 aromatic rings. The molecule has 2 unspecified atom stereocenters. The number of hydrogen-bond donors (Lipinski definition) is 0. The highest BCUT2D eigenvalue weighted by Gasteiger charge is 2.23. The number of aromatic nitrogens is 1. The number of nitrogens with zero attached hydrogens (tertiary/aromatic N) is 1. The molecule has 3 rings (SSSR count). The molecule has 1 aromatic heterocycles. The van der Waals surface area contributed by atoms with E-state index in [9.17, 15) is 0 Å². The molecule has 0 saturated heterocycles. The highest BCUT2D eigenvalue weighted by molar-refractivity contribution is 8.01. The summed E-state index contributed by atoms with van der Waals surface area (Å²) in [5, 5.41) is 0.833. The Balaban J connectivity index is 1.74. The summed E-state index contributed by atoms with van der Waals surface area (Å²) in [6.45, 7) is 0. The van der Waals surface area contributed by atoms with Crippen LogP contribution in [-0.4, -0.2) is 15.6 Å². The lowest BCUT2D eigenvalue weighted by Crippen LogP contribution is -2.19. The summed E-state index contributed by atoms with van der Waals surface area (Å²) in [5.41, 5.74) is 1.12. The lowest BCUT2D eigenvalue weighted by atomic mass is 10.0. The second-order valence-corrected chi connectivity index (χ2v) is 8.19. The highest BCUT2D eigenvalue weighted by Crippen LogP contribution is 2.38. The average Bonchev–Trinajstić information content (AvgIpc) is 2.81. The van der Waals surface area contributed by atoms with Crippen molar-refractivity contribution >= 4 is 44.9 Å². The van der Waals surface area contributed by atoms with Crippen LogP contribution in [0.2, 0.25) is 0 Å². The van der Waals surface area contributed by atoms with E-state index in [1.807, 2.05) is 11.8 Å². The third-order valence-electron chi connectivity index (χ3n) is 3.65. The Morgan fingerprint density at radius 1 is 1.11 bits per heavy atom. The number of thioether (sulfide) groups is 1. The van der Waals surface area contributed by atoms with Gasteiger partial charge in [-0.15, -0.1) is 22.9 Å². The predicted octanol–water partition coefficient (Wildman–Crippen LogP) is 5.72. The van der Waals surface area contributed by atoms with Crippen LogP contribution < -0.4 is 0 Å². The van der Waals surface area contributed by atoms with Gasteiger partial charge in [0, 0.05) is 10.6 Å². The molecule has 4 heteroatoms. The third-order valence-corrected chi connectivity index (χ3v) is 6.85. The molecule has 0 bridgehead atoms. The molecular weight excluding hydrogens is 294 g/mol. The maximum Gasteiger partial charge on any atom is 0.151 e. The van der Waals surface area contributed by atoms with Crippen LogP contribution in [0.3, 0.4) is 0 Å². The predicted molar refractivity (Wildman–Crippen MR) is 86.6 cm³/mol. The van der Waals surface area contributed by atoms with Gasteiger partial charge in [-0.25, -0.2) is 4.98 Å². The van der Waals surface area contributed by atoms with Crippen LogP contribution in [0.15, 0.2) is 28.6 Å². The van der Waals surface area contributed by atoms with E-state index in [1.54, 1.807) is 11.3 Å². The summed E-state index contributed by atoms with van der Waals surface area (Å²) in [4.78, 5) is 4.72. The molecule has 2 atom stereocenters. The first-order valence-electron chi connectivity index (χ1n) is 6.99. The summed E-state index contributed by atoms with van der Waals surface area (Å²) in [5.74, 6) is 0. The molecule has 1 nitrogen and oxygen atoms in total. The zero-order valence-electron chi connectivity index (χ0n) is 10.8. The SMILES string of the molecule is ClC1CCCCCCC1Sc1nc2ccccc2s1. The molecule has 1 aromatic carbocycles. The summed E-state index contributed by atoms with van der Waals surface area (Å²) < 4.78 is 2.46. The summed E-state index contributed by atoms with van der Waals surface area (Å²) in [6, 6.07) is 8.37. The smallest absolute Gasteiger partial charge is 0.151 e. The van der Waals surface area contributed by atoms with Crippen LogP contribution in [-0.2, 0) is 0 Å². The average molecular weight is 312 g/mol. The quantitative estimate of drug-likeness (QED) is 0.658. The van der Waals surface area contributed by atoms with Gasteiger partial charge in [0.1, 0.15) is 0 Å². The first kappa shape index (κ1) is 13.7. The molecule has 0 radical (unpaired) electrons. The fourth-order valence-corrected chi connectivity index (χ4v) is 5.51. The van der Waals surface area contributed by atoms with Crippen LogP contribution in [0.1, 0.15) is 38.5 Å². The normalized spacial score (nSPS) is 25.1. The molecule has 1 aliphatic rings. The standard InChI is InChI=1S/C15H18ClNS2/c16-11-7-3-1-2-4-9-13(11)18-15-17-12-8-5-6-10-14(12)19-15/h5-6,8,10-11,13H,1-4,7,9H2. The molecule has 1 saturated carbocycles. The monoisotopic (exact) mass is 311 g/mol. The van der Waals surface area contributed by atoms with Gasteiger partial charge in [0.05, 0.1) is 10.2 Å². The summed E-state index contributed by atoms with van der Waals surface area (Å²) in [7, 11) is 0. The number of alkyl halides is 1. The Morgan fingerprint density at radius 3 is 2.74 bits per heavy atom. The van der Waals surface area contributed by atoms with Gasteiger partial charge in [0.2, 0.25) is 0 Å². The number of thiazole rings is 1. The lowest BCUT2D eigenvalue weighted by molar-refractivity contribution is 0.518. The third kappa shape index (κ3) is 3.45. The van der Waals surface area contributed by atoms with Crippen molar-refractivity contribution in [2.45, 2.75) is 53.5 Å². The number of halogens is 1. The Bertz CT molecular complexity index is 507. The number of benzene rings is 1. The van der Waals surface area contributed by atoms with Crippen molar-refractivity contribution in [1.29, 1.82) is 0 Å². The second kappa shape index (κ2) is 6.47. The van der Waals surface area contributed by atoms with E-state index in [1.165, 1.54) is 41.1 Å². The van der Waals surface area contributed by atoms with Gasteiger partial charge in [0.15, 0.2) is 4.34 Å². The molecule has 1 aliphatic carbocycles. The van der Waals surface area contributed by atoms with Crippen molar-refractivity contribution in [3.63, 3.8) is 0 Å². The lowest BCUT2D eigenvalue weighted by Gasteiger charge is -2.23. The number of para-hydroxylation sites is 1. The molecule has 102 valence electrons. The van der Waals surface area contributed by atoms with Crippen LogP contribution >= 0.6 is 34.7 Å². The first-order valence-corrected chi connectivity index (χ1v) is 9.12. The molecule has 0 spiro atoms. The molecule has 19 heavy (non-hydrogen) atoms. The van der Waals surface area contributed by atoms with Gasteiger partial charge in [0.25, 0.3) is 0 Å².